The second-order valence-electron chi connectivity index (χ2n) is 4.21. The molecule has 0 spiro atoms. The molecule has 1 N–H and O–H groups in total. The molecule has 0 aromatic heterocycles. The Balaban J connectivity index is 2.18. The number of allylic oxidation sites excluding steroid dienone is 1. The molecular weight excluding hydrogens is 294 g/mol. The van der Waals surface area contributed by atoms with Crippen molar-refractivity contribution in [2.45, 2.75) is 0 Å². The van der Waals surface area contributed by atoms with Crippen LogP contribution in [0.25, 0.3) is 6.08 Å². The van der Waals surface area contributed by atoms with Gasteiger partial charge in [-0.05, 0) is 35.9 Å². The van der Waals surface area contributed by atoms with E-state index in [1.807, 2.05) is 0 Å². The Labute approximate surface area is 125 Å². The van der Waals surface area contributed by atoms with E-state index < -0.39 is 4.92 Å². The molecular formula is C15H10ClNO4. The molecule has 0 atom stereocenters. The molecule has 0 aliphatic heterocycles. The minimum absolute atomic E-state index is 0.0797. The number of ketones is 1. The average molecular weight is 304 g/mol. The summed E-state index contributed by atoms with van der Waals surface area (Å²) in [6, 6.07) is 10.1. The van der Waals surface area contributed by atoms with Crippen LogP contribution in [0.4, 0.5) is 5.69 Å². The molecule has 0 saturated heterocycles. The number of hydrogen-bond donors (Lipinski definition) is 1. The van der Waals surface area contributed by atoms with Crippen molar-refractivity contribution in [3.05, 3.63) is 74.8 Å². The molecule has 0 amide bonds. The van der Waals surface area contributed by atoms with Crippen molar-refractivity contribution in [2.24, 2.45) is 0 Å². The molecule has 2 rings (SSSR count). The van der Waals surface area contributed by atoms with Crippen LogP contribution >= 0.6 is 11.6 Å². The second-order valence-corrected chi connectivity index (χ2v) is 4.62. The van der Waals surface area contributed by atoms with Crippen LogP contribution in [-0.2, 0) is 0 Å². The minimum atomic E-state index is -0.608. The molecule has 0 aliphatic rings. The van der Waals surface area contributed by atoms with Crippen LogP contribution in [0.15, 0.2) is 48.5 Å². The predicted octanol–water partition coefficient (Wildman–Crippen LogP) is 3.85. The average Bonchev–Trinajstić information content (AvgIpc) is 2.45. The van der Waals surface area contributed by atoms with Gasteiger partial charge in [0.25, 0.3) is 5.69 Å². The van der Waals surface area contributed by atoms with Crippen molar-refractivity contribution in [3.63, 3.8) is 0 Å². The lowest BCUT2D eigenvalue weighted by atomic mass is 10.1. The molecule has 0 bridgehead atoms. The molecule has 21 heavy (non-hydrogen) atoms. The van der Waals surface area contributed by atoms with E-state index in [2.05, 4.69) is 0 Å². The third kappa shape index (κ3) is 3.67. The van der Waals surface area contributed by atoms with Gasteiger partial charge in [-0.25, -0.2) is 0 Å². The number of benzene rings is 2. The van der Waals surface area contributed by atoms with Crippen molar-refractivity contribution >= 4 is 29.1 Å². The molecule has 6 heteroatoms. The number of nitrogens with zero attached hydrogens (tertiary/aromatic N) is 1. The molecule has 0 heterocycles. The zero-order valence-electron chi connectivity index (χ0n) is 10.7. The number of phenolic OH excluding ortho intramolecular Hbond substituents is 1. The SMILES string of the molecule is O=C(/C=C/c1ccc(O)cc1)c1ccc([N+](=O)[O-])c(Cl)c1. The predicted molar refractivity (Wildman–Crippen MR) is 79.6 cm³/mol. The van der Waals surface area contributed by atoms with Crippen LogP contribution in [0.2, 0.25) is 5.02 Å². The summed E-state index contributed by atoms with van der Waals surface area (Å²) in [5, 5.41) is 19.7. The van der Waals surface area contributed by atoms with Crippen molar-refractivity contribution in [2.75, 3.05) is 0 Å². The number of carbonyl (C=O) groups is 1. The summed E-state index contributed by atoms with van der Waals surface area (Å²) in [4.78, 5) is 22.0. The van der Waals surface area contributed by atoms with Gasteiger partial charge in [0.15, 0.2) is 5.78 Å². The first-order valence-corrected chi connectivity index (χ1v) is 6.30. The minimum Gasteiger partial charge on any atom is -0.508 e. The van der Waals surface area contributed by atoms with Gasteiger partial charge in [0, 0.05) is 11.6 Å². The molecule has 0 fully saturated rings. The first-order valence-electron chi connectivity index (χ1n) is 5.93. The fourth-order valence-corrected chi connectivity index (χ4v) is 1.91. The standard InChI is InChI=1S/C15H10ClNO4/c16-13-9-11(4-7-14(13)17(20)21)15(19)8-3-10-1-5-12(18)6-2-10/h1-9,18H/b8-3+. The van der Waals surface area contributed by atoms with Gasteiger partial charge >= 0.3 is 0 Å². The maximum atomic E-state index is 12.0. The van der Waals surface area contributed by atoms with Gasteiger partial charge < -0.3 is 5.11 Å². The highest BCUT2D eigenvalue weighted by molar-refractivity contribution is 6.33. The summed E-state index contributed by atoms with van der Waals surface area (Å²) in [6.45, 7) is 0. The number of hydrogen-bond acceptors (Lipinski definition) is 4. The quantitative estimate of drug-likeness (QED) is 0.402. The van der Waals surface area contributed by atoms with Gasteiger partial charge in [0.1, 0.15) is 10.8 Å². The number of halogens is 1. The lowest BCUT2D eigenvalue weighted by Crippen LogP contribution is -1.96. The van der Waals surface area contributed by atoms with E-state index in [1.54, 1.807) is 18.2 Å². The molecule has 5 nitrogen and oxygen atoms in total. The first-order chi connectivity index (χ1) is 9.97. The Kier molecular flexibility index (Phi) is 4.35. The smallest absolute Gasteiger partial charge is 0.287 e. The molecule has 0 aliphatic carbocycles. The Morgan fingerprint density at radius 2 is 1.86 bits per heavy atom. The fourth-order valence-electron chi connectivity index (χ4n) is 1.66. The van der Waals surface area contributed by atoms with Crippen LogP contribution in [0, 0.1) is 10.1 Å². The Bertz CT molecular complexity index is 723. The Hall–Kier alpha value is -2.66. The number of nitro benzene ring substituents is 1. The number of nitro groups is 1. The Morgan fingerprint density at radius 1 is 1.19 bits per heavy atom. The third-order valence-electron chi connectivity index (χ3n) is 2.75. The number of aromatic hydroxyl groups is 1. The lowest BCUT2D eigenvalue weighted by molar-refractivity contribution is -0.384. The summed E-state index contributed by atoms with van der Waals surface area (Å²) in [7, 11) is 0. The Morgan fingerprint density at radius 3 is 2.43 bits per heavy atom. The van der Waals surface area contributed by atoms with Crippen LogP contribution < -0.4 is 0 Å². The summed E-state index contributed by atoms with van der Waals surface area (Å²) >= 11 is 5.76. The third-order valence-corrected chi connectivity index (χ3v) is 3.05. The van der Waals surface area contributed by atoms with E-state index in [1.165, 1.54) is 36.4 Å². The largest absolute Gasteiger partial charge is 0.508 e. The van der Waals surface area contributed by atoms with E-state index in [4.69, 9.17) is 16.7 Å². The summed E-state index contributed by atoms with van der Waals surface area (Å²) in [5.41, 5.74) is 0.769. The zero-order valence-corrected chi connectivity index (χ0v) is 11.4. The maximum Gasteiger partial charge on any atom is 0.287 e. The molecule has 0 radical (unpaired) electrons. The van der Waals surface area contributed by atoms with Gasteiger partial charge in [0.2, 0.25) is 0 Å². The highest BCUT2D eigenvalue weighted by Crippen LogP contribution is 2.25. The van der Waals surface area contributed by atoms with Crippen LogP contribution in [0.1, 0.15) is 15.9 Å². The summed E-state index contributed by atoms with van der Waals surface area (Å²) in [6.07, 6.45) is 2.92. The molecule has 0 unspecified atom stereocenters. The van der Waals surface area contributed by atoms with Gasteiger partial charge in [-0.15, -0.1) is 0 Å². The van der Waals surface area contributed by atoms with E-state index in [0.29, 0.717) is 0 Å². The first kappa shape index (κ1) is 14.7. The lowest BCUT2D eigenvalue weighted by Gasteiger charge is -1.99. The zero-order chi connectivity index (χ0) is 15.4. The highest BCUT2D eigenvalue weighted by atomic mass is 35.5. The van der Waals surface area contributed by atoms with Gasteiger partial charge in [0.05, 0.1) is 4.92 Å². The van der Waals surface area contributed by atoms with Crippen LogP contribution in [0.5, 0.6) is 5.75 Å². The monoisotopic (exact) mass is 303 g/mol. The maximum absolute atomic E-state index is 12.0. The van der Waals surface area contributed by atoms with Gasteiger partial charge in [-0.1, -0.05) is 29.8 Å². The van der Waals surface area contributed by atoms with E-state index >= 15 is 0 Å². The van der Waals surface area contributed by atoms with Crippen molar-refractivity contribution in [1.29, 1.82) is 0 Å². The summed E-state index contributed by atoms with van der Waals surface area (Å²) in [5.74, 6) is -0.180. The number of phenols is 1. The molecule has 2 aromatic rings. The second kappa shape index (κ2) is 6.19. The normalized spacial score (nSPS) is 10.7. The molecule has 2 aromatic carbocycles. The van der Waals surface area contributed by atoms with Gasteiger partial charge in [-0.3, -0.25) is 14.9 Å². The van der Waals surface area contributed by atoms with Crippen LogP contribution in [0.3, 0.4) is 0 Å². The van der Waals surface area contributed by atoms with Crippen molar-refractivity contribution in [1.82, 2.24) is 0 Å². The molecule has 106 valence electrons. The fraction of sp³-hybridized carbons (Fsp3) is 0. The van der Waals surface area contributed by atoms with Crippen LogP contribution in [-0.4, -0.2) is 15.8 Å². The summed E-state index contributed by atoms with van der Waals surface area (Å²) < 4.78 is 0. The van der Waals surface area contributed by atoms with E-state index in [9.17, 15) is 14.9 Å². The van der Waals surface area contributed by atoms with Crippen molar-refractivity contribution in [3.8, 4) is 5.75 Å². The van der Waals surface area contributed by atoms with Crippen molar-refractivity contribution < 1.29 is 14.8 Å². The number of rotatable bonds is 4. The number of carbonyl (C=O) groups excluding carboxylic acids is 1. The van der Waals surface area contributed by atoms with E-state index in [0.717, 1.165) is 5.56 Å². The van der Waals surface area contributed by atoms with E-state index in [-0.39, 0.29) is 27.8 Å². The van der Waals surface area contributed by atoms with Gasteiger partial charge in [-0.2, -0.15) is 0 Å². The topological polar surface area (TPSA) is 80.4 Å². The molecule has 0 saturated carbocycles. The highest BCUT2D eigenvalue weighted by Gasteiger charge is 2.13.